The molecule has 1 heterocycles. The number of carbonyl (C=O) groups excluding carboxylic acids is 2. The molecule has 23 heavy (non-hydrogen) atoms. The van der Waals surface area contributed by atoms with E-state index in [0.717, 1.165) is 29.9 Å². The first-order chi connectivity index (χ1) is 10.9. The summed E-state index contributed by atoms with van der Waals surface area (Å²) in [6.07, 6.45) is 1.35. The molecule has 1 aliphatic rings. The van der Waals surface area contributed by atoms with Crippen LogP contribution in [0.1, 0.15) is 30.9 Å². The van der Waals surface area contributed by atoms with Crippen molar-refractivity contribution in [1.29, 1.82) is 0 Å². The molecule has 5 nitrogen and oxygen atoms in total. The monoisotopic (exact) mass is 318 g/mol. The van der Waals surface area contributed by atoms with Crippen LogP contribution in [0.2, 0.25) is 0 Å². The van der Waals surface area contributed by atoms with Crippen LogP contribution in [0.5, 0.6) is 0 Å². The van der Waals surface area contributed by atoms with Crippen molar-refractivity contribution in [1.82, 2.24) is 5.32 Å². The Kier molecular flexibility index (Phi) is 5.42. The van der Waals surface area contributed by atoms with E-state index in [1.165, 1.54) is 7.11 Å². The lowest BCUT2D eigenvalue weighted by atomic mass is 9.78. The first kappa shape index (κ1) is 17.5. The highest BCUT2D eigenvalue weighted by atomic mass is 16.5. The molecule has 1 aromatic carbocycles. The average molecular weight is 318 g/mol. The van der Waals surface area contributed by atoms with Crippen molar-refractivity contribution >= 4 is 17.6 Å². The molecule has 0 atom stereocenters. The molecule has 0 radical (unpaired) electrons. The summed E-state index contributed by atoms with van der Waals surface area (Å²) in [5.41, 5.74) is 2.42. The minimum absolute atomic E-state index is 0.0567. The van der Waals surface area contributed by atoms with Crippen molar-refractivity contribution in [2.75, 3.05) is 31.6 Å². The van der Waals surface area contributed by atoms with Crippen LogP contribution in [0.4, 0.5) is 5.69 Å². The molecule has 1 amide bonds. The number of hydrogen-bond donors (Lipinski definition) is 1. The zero-order valence-electron chi connectivity index (χ0n) is 14.4. The molecule has 0 spiro atoms. The van der Waals surface area contributed by atoms with Crippen LogP contribution in [0, 0.1) is 19.3 Å². The zero-order valence-corrected chi connectivity index (χ0v) is 14.4. The van der Waals surface area contributed by atoms with Crippen LogP contribution in [0.15, 0.2) is 18.2 Å². The predicted molar refractivity (Wildman–Crippen MR) is 90.5 cm³/mol. The summed E-state index contributed by atoms with van der Waals surface area (Å²) in [6.45, 7) is 7.44. The zero-order chi connectivity index (χ0) is 17.0. The summed E-state index contributed by atoms with van der Waals surface area (Å²) in [5, 5.41) is 3.27. The molecule has 1 aliphatic heterocycles. The molecular weight excluding hydrogens is 292 g/mol. The van der Waals surface area contributed by atoms with Gasteiger partial charge in [-0.25, -0.2) is 0 Å². The van der Waals surface area contributed by atoms with E-state index >= 15 is 0 Å². The summed E-state index contributed by atoms with van der Waals surface area (Å²) in [6, 6.07) is 6.00. The van der Waals surface area contributed by atoms with E-state index < -0.39 is 5.41 Å². The number of amides is 1. The summed E-state index contributed by atoms with van der Waals surface area (Å²) in [5.74, 6) is -0.284. The van der Waals surface area contributed by atoms with Gasteiger partial charge >= 0.3 is 5.97 Å². The van der Waals surface area contributed by atoms with Crippen molar-refractivity contribution < 1.29 is 14.3 Å². The summed E-state index contributed by atoms with van der Waals surface area (Å²) in [7, 11) is 1.42. The molecule has 2 rings (SSSR count). The Morgan fingerprint density at radius 1 is 1.26 bits per heavy atom. The smallest absolute Gasteiger partial charge is 0.313 e. The van der Waals surface area contributed by atoms with E-state index in [0.29, 0.717) is 19.4 Å². The highest BCUT2D eigenvalue weighted by Gasteiger charge is 2.43. The van der Waals surface area contributed by atoms with Gasteiger partial charge in [-0.05, 0) is 51.4 Å². The van der Waals surface area contributed by atoms with Crippen LogP contribution < -0.4 is 10.2 Å². The molecule has 1 saturated heterocycles. The SMILES string of the molecule is COC(=O)C1(CN(C(C)=O)c2ccc(C)cc2C)CCNCC1. The molecule has 1 fully saturated rings. The topological polar surface area (TPSA) is 58.6 Å². The number of piperidine rings is 1. The number of hydrogen-bond acceptors (Lipinski definition) is 4. The van der Waals surface area contributed by atoms with Crippen LogP contribution in [0.3, 0.4) is 0 Å². The van der Waals surface area contributed by atoms with Gasteiger partial charge in [0.2, 0.25) is 5.91 Å². The number of rotatable bonds is 4. The summed E-state index contributed by atoms with van der Waals surface area (Å²) in [4.78, 5) is 26.4. The average Bonchev–Trinajstić information content (AvgIpc) is 2.53. The van der Waals surface area contributed by atoms with Gasteiger partial charge in [0.1, 0.15) is 0 Å². The van der Waals surface area contributed by atoms with Gasteiger partial charge in [0.05, 0.1) is 12.5 Å². The van der Waals surface area contributed by atoms with Gasteiger partial charge in [-0.15, -0.1) is 0 Å². The maximum Gasteiger partial charge on any atom is 0.313 e. The second-order valence-electron chi connectivity index (χ2n) is 6.42. The number of benzene rings is 1. The van der Waals surface area contributed by atoms with Gasteiger partial charge in [-0.1, -0.05) is 17.7 Å². The van der Waals surface area contributed by atoms with E-state index in [2.05, 4.69) is 11.4 Å². The Morgan fingerprint density at radius 3 is 2.43 bits per heavy atom. The minimum atomic E-state index is -0.636. The molecule has 0 bridgehead atoms. The summed E-state index contributed by atoms with van der Waals surface area (Å²) >= 11 is 0. The quantitative estimate of drug-likeness (QED) is 0.865. The molecule has 1 N–H and O–H groups in total. The highest BCUT2D eigenvalue weighted by molar-refractivity contribution is 5.93. The Hall–Kier alpha value is -1.88. The van der Waals surface area contributed by atoms with Crippen LogP contribution in [0.25, 0.3) is 0 Å². The number of carbonyl (C=O) groups is 2. The van der Waals surface area contributed by atoms with Crippen LogP contribution >= 0.6 is 0 Å². The highest BCUT2D eigenvalue weighted by Crippen LogP contribution is 2.34. The van der Waals surface area contributed by atoms with Crippen molar-refractivity contribution in [3.63, 3.8) is 0 Å². The molecule has 0 aliphatic carbocycles. The van der Waals surface area contributed by atoms with E-state index in [1.54, 1.807) is 11.8 Å². The number of ether oxygens (including phenoxy) is 1. The molecule has 126 valence electrons. The van der Waals surface area contributed by atoms with Crippen molar-refractivity contribution in [2.45, 2.75) is 33.6 Å². The lowest BCUT2D eigenvalue weighted by Crippen LogP contribution is -2.51. The van der Waals surface area contributed by atoms with Gasteiger partial charge in [-0.2, -0.15) is 0 Å². The fourth-order valence-electron chi connectivity index (χ4n) is 3.33. The number of aryl methyl sites for hydroxylation is 2. The Bertz CT molecular complexity index is 592. The van der Waals surface area contributed by atoms with E-state index in [4.69, 9.17) is 4.74 Å². The first-order valence-corrected chi connectivity index (χ1v) is 8.04. The van der Waals surface area contributed by atoms with E-state index in [-0.39, 0.29) is 11.9 Å². The fraction of sp³-hybridized carbons (Fsp3) is 0.556. The second kappa shape index (κ2) is 7.13. The lowest BCUT2D eigenvalue weighted by molar-refractivity contribution is -0.154. The molecule has 1 aromatic rings. The van der Waals surface area contributed by atoms with Crippen LogP contribution in [-0.2, 0) is 14.3 Å². The Labute approximate surface area is 138 Å². The molecular formula is C18H26N2O3. The van der Waals surface area contributed by atoms with Crippen molar-refractivity contribution in [3.05, 3.63) is 29.3 Å². The van der Waals surface area contributed by atoms with Gasteiger partial charge in [0, 0.05) is 19.2 Å². The molecule has 5 heteroatoms. The number of nitrogens with one attached hydrogen (secondary N) is 1. The second-order valence-corrected chi connectivity index (χ2v) is 6.42. The minimum Gasteiger partial charge on any atom is -0.469 e. The predicted octanol–water partition coefficient (Wildman–Crippen LogP) is 2.20. The number of methoxy groups -OCH3 is 1. The van der Waals surface area contributed by atoms with Gasteiger partial charge in [-0.3, -0.25) is 9.59 Å². The molecule has 0 saturated carbocycles. The lowest BCUT2D eigenvalue weighted by Gasteiger charge is -2.39. The van der Waals surface area contributed by atoms with E-state index in [9.17, 15) is 9.59 Å². The van der Waals surface area contributed by atoms with Crippen molar-refractivity contribution in [3.8, 4) is 0 Å². The maximum atomic E-state index is 12.4. The molecule has 0 unspecified atom stereocenters. The van der Waals surface area contributed by atoms with Crippen LogP contribution in [-0.4, -0.2) is 38.6 Å². The Morgan fingerprint density at radius 2 is 1.91 bits per heavy atom. The Balaban J connectivity index is 2.36. The third-order valence-electron chi connectivity index (χ3n) is 4.66. The van der Waals surface area contributed by atoms with E-state index in [1.807, 2.05) is 26.0 Å². The van der Waals surface area contributed by atoms with Gasteiger partial charge in [0.15, 0.2) is 0 Å². The van der Waals surface area contributed by atoms with Gasteiger partial charge in [0.25, 0.3) is 0 Å². The third-order valence-corrected chi connectivity index (χ3v) is 4.66. The van der Waals surface area contributed by atoms with Gasteiger partial charge < -0.3 is 15.0 Å². The first-order valence-electron chi connectivity index (χ1n) is 8.04. The number of nitrogens with zero attached hydrogens (tertiary/aromatic N) is 1. The normalized spacial score (nSPS) is 16.7. The van der Waals surface area contributed by atoms with Crippen molar-refractivity contribution in [2.24, 2.45) is 5.41 Å². The maximum absolute atomic E-state index is 12.4. The third kappa shape index (κ3) is 3.72. The molecule has 0 aromatic heterocycles. The summed E-state index contributed by atoms with van der Waals surface area (Å²) < 4.78 is 5.05. The standard InChI is InChI=1S/C18H26N2O3/c1-13-5-6-16(14(2)11-13)20(15(3)21)12-18(17(22)23-4)7-9-19-10-8-18/h5-6,11,19H,7-10,12H2,1-4H3. The largest absolute Gasteiger partial charge is 0.469 e. The number of anilines is 1. The number of esters is 1. The fourth-order valence-corrected chi connectivity index (χ4v) is 3.33.